The van der Waals surface area contributed by atoms with E-state index in [9.17, 15) is 0 Å². The summed E-state index contributed by atoms with van der Waals surface area (Å²) in [5.74, 6) is 1.32. The van der Waals surface area contributed by atoms with E-state index < -0.39 is 0 Å². The van der Waals surface area contributed by atoms with E-state index in [0.29, 0.717) is 11.8 Å². The second-order valence-electron chi connectivity index (χ2n) is 4.23. The molecule has 2 nitrogen and oxygen atoms in total. The molecule has 13 heavy (non-hydrogen) atoms. The van der Waals surface area contributed by atoms with Crippen molar-refractivity contribution in [2.75, 3.05) is 0 Å². The lowest BCUT2D eigenvalue weighted by atomic mass is 10.2. The Morgan fingerprint density at radius 3 is 2.85 bits per heavy atom. The van der Waals surface area contributed by atoms with E-state index in [1.165, 1.54) is 18.5 Å². The molecule has 1 fully saturated rings. The van der Waals surface area contributed by atoms with Gasteiger partial charge in [0, 0.05) is 12.5 Å². The van der Waals surface area contributed by atoms with Crippen LogP contribution in [0.3, 0.4) is 0 Å². The van der Waals surface area contributed by atoms with Crippen LogP contribution in [0.1, 0.15) is 38.3 Å². The van der Waals surface area contributed by atoms with Crippen molar-refractivity contribution >= 4 is 11.6 Å². The Bertz CT molecular complexity index is 300. The van der Waals surface area contributed by atoms with Crippen LogP contribution in [0.4, 0.5) is 0 Å². The highest BCUT2D eigenvalue weighted by Gasteiger charge is 2.29. The first-order valence-corrected chi connectivity index (χ1v) is 5.27. The number of hydrogen-bond donors (Lipinski definition) is 0. The highest BCUT2D eigenvalue weighted by molar-refractivity contribution is 6.31. The monoisotopic (exact) mass is 198 g/mol. The van der Waals surface area contributed by atoms with Gasteiger partial charge in [-0.05, 0) is 18.8 Å². The van der Waals surface area contributed by atoms with Gasteiger partial charge < -0.3 is 0 Å². The second kappa shape index (κ2) is 3.33. The van der Waals surface area contributed by atoms with Crippen LogP contribution in [-0.2, 0) is 6.54 Å². The fourth-order valence-electron chi connectivity index (χ4n) is 1.63. The normalized spacial score (nSPS) is 16.9. The van der Waals surface area contributed by atoms with Gasteiger partial charge in [-0.15, -0.1) is 0 Å². The van der Waals surface area contributed by atoms with Gasteiger partial charge in [-0.3, -0.25) is 4.68 Å². The third-order valence-corrected chi connectivity index (χ3v) is 2.63. The Morgan fingerprint density at radius 2 is 2.31 bits per heavy atom. The Balaban J connectivity index is 2.23. The van der Waals surface area contributed by atoms with Gasteiger partial charge in [-0.25, -0.2) is 0 Å². The van der Waals surface area contributed by atoms with Crippen molar-refractivity contribution in [3.05, 3.63) is 16.9 Å². The second-order valence-corrected chi connectivity index (χ2v) is 4.64. The van der Waals surface area contributed by atoms with E-state index >= 15 is 0 Å². The smallest absolute Gasteiger partial charge is 0.0820 e. The average molecular weight is 199 g/mol. The maximum Gasteiger partial charge on any atom is 0.0820 e. The molecule has 0 bridgehead atoms. The van der Waals surface area contributed by atoms with E-state index in [-0.39, 0.29) is 0 Å². The Morgan fingerprint density at radius 1 is 1.62 bits per heavy atom. The summed E-state index contributed by atoms with van der Waals surface area (Å²) in [5, 5.41) is 5.15. The third-order valence-electron chi connectivity index (χ3n) is 2.34. The van der Waals surface area contributed by atoms with E-state index in [2.05, 4.69) is 23.6 Å². The lowest BCUT2D eigenvalue weighted by molar-refractivity contribution is 0.469. The van der Waals surface area contributed by atoms with Gasteiger partial charge in [0.2, 0.25) is 0 Å². The van der Waals surface area contributed by atoms with E-state index in [1.54, 1.807) is 6.20 Å². The van der Waals surface area contributed by atoms with Crippen LogP contribution in [0.15, 0.2) is 6.20 Å². The first-order valence-electron chi connectivity index (χ1n) is 4.89. The lowest BCUT2D eigenvalue weighted by Gasteiger charge is -2.09. The van der Waals surface area contributed by atoms with Gasteiger partial charge in [0.05, 0.1) is 16.9 Å². The van der Waals surface area contributed by atoms with Crippen molar-refractivity contribution in [3.63, 3.8) is 0 Å². The van der Waals surface area contributed by atoms with Crippen LogP contribution in [-0.4, -0.2) is 9.78 Å². The molecule has 1 saturated carbocycles. The van der Waals surface area contributed by atoms with Crippen LogP contribution >= 0.6 is 11.6 Å². The van der Waals surface area contributed by atoms with Crippen LogP contribution in [0.5, 0.6) is 0 Å². The molecule has 0 spiro atoms. The van der Waals surface area contributed by atoms with Crippen LogP contribution in [0.2, 0.25) is 5.02 Å². The van der Waals surface area contributed by atoms with Crippen molar-refractivity contribution in [1.82, 2.24) is 9.78 Å². The average Bonchev–Trinajstić information content (AvgIpc) is 2.79. The van der Waals surface area contributed by atoms with Gasteiger partial charge in [0.15, 0.2) is 0 Å². The molecule has 1 heterocycles. The largest absolute Gasteiger partial charge is 0.268 e. The minimum atomic E-state index is 0.633. The molecule has 3 heteroatoms. The summed E-state index contributed by atoms with van der Waals surface area (Å²) in [6.07, 6.45) is 4.34. The molecule has 0 aliphatic heterocycles. The van der Waals surface area contributed by atoms with E-state index in [0.717, 1.165) is 11.6 Å². The maximum atomic E-state index is 6.08. The fraction of sp³-hybridized carbons (Fsp3) is 0.700. The van der Waals surface area contributed by atoms with Crippen molar-refractivity contribution < 1.29 is 0 Å². The molecule has 1 aliphatic carbocycles. The molecule has 72 valence electrons. The van der Waals surface area contributed by atoms with E-state index in [4.69, 9.17) is 11.6 Å². The van der Waals surface area contributed by atoms with Gasteiger partial charge in [-0.2, -0.15) is 5.10 Å². The highest BCUT2D eigenvalue weighted by atomic mass is 35.5. The Kier molecular flexibility index (Phi) is 2.33. The van der Waals surface area contributed by atoms with Gasteiger partial charge in [0.1, 0.15) is 0 Å². The summed E-state index contributed by atoms with van der Waals surface area (Å²) in [4.78, 5) is 0. The summed E-state index contributed by atoms with van der Waals surface area (Å²) in [6, 6.07) is 0. The van der Waals surface area contributed by atoms with Gasteiger partial charge in [0.25, 0.3) is 0 Å². The molecule has 2 rings (SSSR count). The first kappa shape index (κ1) is 9.07. The topological polar surface area (TPSA) is 17.8 Å². The van der Waals surface area contributed by atoms with Crippen molar-refractivity contribution in [1.29, 1.82) is 0 Å². The summed E-state index contributed by atoms with van der Waals surface area (Å²) in [5.41, 5.74) is 1.26. The van der Waals surface area contributed by atoms with Crippen LogP contribution < -0.4 is 0 Å². The summed E-state index contributed by atoms with van der Waals surface area (Å²) >= 11 is 6.08. The molecule has 0 unspecified atom stereocenters. The first-order chi connectivity index (χ1) is 6.18. The van der Waals surface area contributed by atoms with Gasteiger partial charge >= 0.3 is 0 Å². The molecule has 0 amide bonds. The van der Waals surface area contributed by atoms with Gasteiger partial charge in [-0.1, -0.05) is 25.4 Å². The van der Waals surface area contributed by atoms with E-state index in [1.807, 2.05) is 0 Å². The fourth-order valence-corrected chi connectivity index (χ4v) is 1.92. The van der Waals surface area contributed by atoms with Crippen molar-refractivity contribution in [2.24, 2.45) is 5.92 Å². The number of aromatic nitrogens is 2. The molecule has 1 aliphatic rings. The molecule has 0 radical (unpaired) electrons. The number of hydrogen-bond acceptors (Lipinski definition) is 1. The summed E-state index contributed by atoms with van der Waals surface area (Å²) < 4.78 is 2.07. The van der Waals surface area contributed by atoms with Crippen LogP contribution in [0, 0.1) is 5.92 Å². The zero-order valence-electron chi connectivity index (χ0n) is 8.13. The molecular formula is C10H15ClN2. The van der Waals surface area contributed by atoms with Crippen LogP contribution in [0.25, 0.3) is 0 Å². The van der Waals surface area contributed by atoms with Crippen molar-refractivity contribution in [2.45, 2.75) is 39.2 Å². The molecular weight excluding hydrogens is 184 g/mol. The molecule has 0 aromatic carbocycles. The maximum absolute atomic E-state index is 6.08. The summed E-state index contributed by atoms with van der Waals surface area (Å²) in [7, 11) is 0. The molecule has 1 aromatic rings. The predicted molar refractivity (Wildman–Crippen MR) is 54.1 cm³/mol. The van der Waals surface area contributed by atoms with Crippen molar-refractivity contribution in [3.8, 4) is 0 Å². The lowest BCUT2D eigenvalue weighted by Crippen LogP contribution is -2.09. The Labute approximate surface area is 83.9 Å². The standard InChI is InChI=1S/C10H15ClN2/c1-7(2)6-13-10(8-3-4-8)9(11)5-12-13/h5,7-8H,3-4,6H2,1-2H3. The zero-order valence-corrected chi connectivity index (χ0v) is 8.88. The number of rotatable bonds is 3. The minimum Gasteiger partial charge on any atom is -0.268 e. The number of halogens is 1. The molecule has 0 atom stereocenters. The number of nitrogens with zero attached hydrogens (tertiary/aromatic N) is 2. The molecule has 0 saturated heterocycles. The zero-order chi connectivity index (χ0) is 9.42. The predicted octanol–water partition coefficient (Wildman–Crippen LogP) is 3.07. The Hall–Kier alpha value is -0.500. The minimum absolute atomic E-state index is 0.633. The molecule has 1 aromatic heterocycles. The summed E-state index contributed by atoms with van der Waals surface area (Å²) in [6.45, 7) is 5.39. The SMILES string of the molecule is CC(C)Cn1ncc(Cl)c1C1CC1. The quantitative estimate of drug-likeness (QED) is 0.730. The highest BCUT2D eigenvalue weighted by Crippen LogP contribution is 2.43. The molecule has 0 N–H and O–H groups in total. The third kappa shape index (κ3) is 1.88.